The molecule has 0 aliphatic heterocycles. The molecule has 0 bridgehead atoms. The third kappa shape index (κ3) is 4.27. The number of benzene rings is 1. The zero-order valence-corrected chi connectivity index (χ0v) is 12.0. The second-order valence-electron chi connectivity index (χ2n) is 4.82. The lowest BCUT2D eigenvalue weighted by Gasteiger charge is -2.12. The molecule has 1 aromatic carbocycles. The number of carbonyl (C=O) groups excluding carboxylic acids is 1. The number of nitro groups is 1. The number of para-hydroxylation sites is 1. The topological polar surface area (TPSA) is 90.1 Å². The fourth-order valence-electron chi connectivity index (χ4n) is 2.01. The summed E-state index contributed by atoms with van der Waals surface area (Å²) in [7, 11) is 0. The SMILES string of the molecule is C[C@H](Cn1ccnc1)NC(=O)/C=C\c1ccccc1[N+](=O)[O-]. The molecule has 114 valence electrons. The summed E-state index contributed by atoms with van der Waals surface area (Å²) in [6, 6.07) is 6.18. The molecule has 2 rings (SSSR count). The average molecular weight is 300 g/mol. The van der Waals surface area contributed by atoms with Gasteiger partial charge in [-0.25, -0.2) is 4.98 Å². The highest BCUT2D eigenvalue weighted by Crippen LogP contribution is 2.18. The number of imidazole rings is 1. The second-order valence-corrected chi connectivity index (χ2v) is 4.82. The highest BCUT2D eigenvalue weighted by molar-refractivity contribution is 5.92. The number of nitrogens with zero attached hydrogens (tertiary/aromatic N) is 3. The molecule has 0 unspecified atom stereocenters. The molecule has 2 aromatic rings. The normalized spacial score (nSPS) is 12.2. The maximum atomic E-state index is 11.8. The van der Waals surface area contributed by atoms with Gasteiger partial charge in [0.25, 0.3) is 5.69 Å². The van der Waals surface area contributed by atoms with Crippen molar-refractivity contribution >= 4 is 17.7 Å². The lowest BCUT2D eigenvalue weighted by atomic mass is 10.1. The van der Waals surface area contributed by atoms with E-state index in [9.17, 15) is 14.9 Å². The monoisotopic (exact) mass is 300 g/mol. The van der Waals surface area contributed by atoms with E-state index in [1.165, 1.54) is 18.2 Å². The Morgan fingerprint density at radius 3 is 2.95 bits per heavy atom. The summed E-state index contributed by atoms with van der Waals surface area (Å²) < 4.78 is 1.86. The lowest BCUT2D eigenvalue weighted by molar-refractivity contribution is -0.385. The molecule has 1 atom stereocenters. The minimum atomic E-state index is -0.473. The first-order valence-electron chi connectivity index (χ1n) is 6.74. The lowest BCUT2D eigenvalue weighted by Crippen LogP contribution is -2.34. The van der Waals surface area contributed by atoms with Gasteiger partial charge < -0.3 is 9.88 Å². The quantitative estimate of drug-likeness (QED) is 0.502. The van der Waals surface area contributed by atoms with Gasteiger partial charge in [0, 0.05) is 37.1 Å². The number of hydrogen-bond acceptors (Lipinski definition) is 4. The molecular formula is C15H16N4O3. The first kappa shape index (κ1) is 15.4. The molecule has 1 amide bonds. The van der Waals surface area contributed by atoms with Crippen LogP contribution in [0.4, 0.5) is 5.69 Å². The van der Waals surface area contributed by atoms with Crippen LogP contribution in [-0.2, 0) is 11.3 Å². The number of rotatable bonds is 6. The molecule has 0 fully saturated rings. The first-order valence-corrected chi connectivity index (χ1v) is 6.74. The van der Waals surface area contributed by atoms with Gasteiger partial charge in [-0.15, -0.1) is 0 Å². The number of nitrogens with one attached hydrogen (secondary N) is 1. The molecule has 0 saturated carbocycles. The molecular weight excluding hydrogens is 284 g/mol. The number of hydrogen-bond donors (Lipinski definition) is 1. The predicted octanol–water partition coefficient (Wildman–Crippen LogP) is 2.01. The van der Waals surface area contributed by atoms with E-state index in [1.807, 2.05) is 17.7 Å². The van der Waals surface area contributed by atoms with E-state index < -0.39 is 4.92 Å². The van der Waals surface area contributed by atoms with E-state index in [4.69, 9.17) is 0 Å². The van der Waals surface area contributed by atoms with Crippen LogP contribution in [0.5, 0.6) is 0 Å². The number of nitro benzene ring substituents is 1. The van der Waals surface area contributed by atoms with Crippen LogP contribution >= 0.6 is 0 Å². The maximum absolute atomic E-state index is 11.8. The summed E-state index contributed by atoms with van der Waals surface area (Å²) in [5.74, 6) is -0.300. The Hall–Kier alpha value is -2.96. The van der Waals surface area contributed by atoms with Gasteiger partial charge in [0.05, 0.1) is 16.8 Å². The average Bonchev–Trinajstić information content (AvgIpc) is 2.98. The summed E-state index contributed by atoms with van der Waals surface area (Å²) in [5.41, 5.74) is 0.364. The van der Waals surface area contributed by atoms with E-state index in [0.29, 0.717) is 12.1 Å². The highest BCUT2D eigenvalue weighted by atomic mass is 16.6. The Balaban J connectivity index is 1.95. The van der Waals surface area contributed by atoms with Crippen LogP contribution in [0.3, 0.4) is 0 Å². The molecule has 1 N–H and O–H groups in total. The van der Waals surface area contributed by atoms with Crippen LogP contribution in [0, 0.1) is 10.1 Å². The summed E-state index contributed by atoms with van der Waals surface area (Å²) in [6.45, 7) is 2.47. The van der Waals surface area contributed by atoms with Crippen molar-refractivity contribution in [3.63, 3.8) is 0 Å². The number of carbonyl (C=O) groups is 1. The van der Waals surface area contributed by atoms with Crippen molar-refractivity contribution in [3.05, 3.63) is 64.7 Å². The number of amides is 1. The summed E-state index contributed by atoms with van der Waals surface area (Å²) in [6.07, 6.45) is 7.89. The first-order chi connectivity index (χ1) is 10.6. The van der Waals surface area contributed by atoms with Gasteiger partial charge in [0.2, 0.25) is 5.91 Å². The van der Waals surface area contributed by atoms with Crippen LogP contribution in [0.25, 0.3) is 6.08 Å². The third-order valence-corrected chi connectivity index (χ3v) is 2.98. The number of aromatic nitrogens is 2. The van der Waals surface area contributed by atoms with E-state index in [0.717, 1.165) is 0 Å². The van der Waals surface area contributed by atoms with Crippen LogP contribution in [0.15, 0.2) is 49.1 Å². The third-order valence-electron chi connectivity index (χ3n) is 2.98. The molecule has 0 aliphatic rings. The Morgan fingerprint density at radius 1 is 1.50 bits per heavy atom. The minimum absolute atomic E-state index is 0.0296. The second kappa shape index (κ2) is 7.16. The molecule has 0 aliphatic carbocycles. The van der Waals surface area contributed by atoms with Crippen LogP contribution < -0.4 is 5.32 Å². The largest absolute Gasteiger partial charge is 0.348 e. The molecule has 1 aromatic heterocycles. The summed E-state index contributed by atoms with van der Waals surface area (Å²) in [5, 5.41) is 13.7. The van der Waals surface area contributed by atoms with Gasteiger partial charge in [0.1, 0.15) is 0 Å². The van der Waals surface area contributed by atoms with Gasteiger partial charge in [-0.1, -0.05) is 12.1 Å². The van der Waals surface area contributed by atoms with E-state index in [2.05, 4.69) is 10.3 Å². The molecule has 0 radical (unpaired) electrons. The van der Waals surface area contributed by atoms with Crippen molar-refractivity contribution in [2.45, 2.75) is 19.5 Å². The standard InChI is InChI=1S/C15H16N4O3/c1-12(10-18-9-8-16-11-18)17-15(20)7-6-13-4-2-3-5-14(13)19(21)22/h2-9,11-12H,10H2,1H3,(H,17,20)/b7-6-/t12-/m1/s1. The van der Waals surface area contributed by atoms with Crippen molar-refractivity contribution < 1.29 is 9.72 Å². The fourth-order valence-corrected chi connectivity index (χ4v) is 2.01. The van der Waals surface area contributed by atoms with Crippen LogP contribution in [0.1, 0.15) is 12.5 Å². The van der Waals surface area contributed by atoms with Crippen molar-refractivity contribution in [1.82, 2.24) is 14.9 Å². The zero-order valence-electron chi connectivity index (χ0n) is 12.0. The zero-order chi connectivity index (χ0) is 15.9. The molecule has 7 heteroatoms. The van der Waals surface area contributed by atoms with Crippen molar-refractivity contribution in [3.8, 4) is 0 Å². The van der Waals surface area contributed by atoms with Gasteiger partial charge in [-0.2, -0.15) is 0 Å². The van der Waals surface area contributed by atoms with Gasteiger partial charge in [-0.05, 0) is 19.1 Å². The smallest absolute Gasteiger partial charge is 0.276 e. The van der Waals surface area contributed by atoms with Crippen LogP contribution in [-0.4, -0.2) is 26.4 Å². The molecule has 7 nitrogen and oxygen atoms in total. The predicted molar refractivity (Wildman–Crippen MR) is 82.0 cm³/mol. The van der Waals surface area contributed by atoms with Gasteiger partial charge >= 0.3 is 0 Å². The van der Waals surface area contributed by atoms with E-state index >= 15 is 0 Å². The highest BCUT2D eigenvalue weighted by Gasteiger charge is 2.10. The van der Waals surface area contributed by atoms with Gasteiger partial charge in [0.15, 0.2) is 0 Å². The van der Waals surface area contributed by atoms with Crippen LogP contribution in [0.2, 0.25) is 0 Å². The van der Waals surface area contributed by atoms with E-state index in [1.54, 1.807) is 30.7 Å². The van der Waals surface area contributed by atoms with Gasteiger partial charge in [-0.3, -0.25) is 14.9 Å². The molecule has 1 heterocycles. The Kier molecular flexibility index (Phi) is 5.02. The van der Waals surface area contributed by atoms with E-state index in [-0.39, 0.29) is 17.6 Å². The maximum Gasteiger partial charge on any atom is 0.276 e. The summed E-state index contributed by atoms with van der Waals surface area (Å²) in [4.78, 5) is 26.2. The molecule has 0 saturated heterocycles. The molecule has 22 heavy (non-hydrogen) atoms. The molecule has 0 spiro atoms. The minimum Gasteiger partial charge on any atom is -0.348 e. The Labute approximate surface area is 127 Å². The fraction of sp³-hybridized carbons (Fsp3) is 0.200. The summed E-state index contributed by atoms with van der Waals surface area (Å²) >= 11 is 0. The van der Waals surface area contributed by atoms with Crippen molar-refractivity contribution in [2.75, 3.05) is 0 Å². The Morgan fingerprint density at radius 2 is 2.27 bits per heavy atom. The van der Waals surface area contributed by atoms with Crippen molar-refractivity contribution in [1.29, 1.82) is 0 Å². The van der Waals surface area contributed by atoms with Crippen molar-refractivity contribution in [2.24, 2.45) is 0 Å². The Bertz CT molecular complexity index is 680.